The topological polar surface area (TPSA) is 64.7 Å². The summed E-state index contributed by atoms with van der Waals surface area (Å²) in [4.78, 5) is 8.74. The standard InChI is InChI=1S/C16H15FN4O/c1-9(2)14-18-8-12(10(3)19-14)16-21-20-15(22-16)11-6-4-5-7-13(11)17/h4-9H,1-3H3. The molecule has 5 nitrogen and oxygen atoms in total. The van der Waals surface area contributed by atoms with Gasteiger partial charge in [-0.25, -0.2) is 14.4 Å². The van der Waals surface area contributed by atoms with Crippen molar-refractivity contribution in [3.8, 4) is 22.9 Å². The number of rotatable bonds is 3. The fourth-order valence-electron chi connectivity index (χ4n) is 2.05. The molecule has 3 rings (SSSR count). The van der Waals surface area contributed by atoms with Gasteiger partial charge in [0.15, 0.2) is 0 Å². The van der Waals surface area contributed by atoms with Gasteiger partial charge in [-0.05, 0) is 19.1 Å². The molecule has 0 fully saturated rings. The summed E-state index contributed by atoms with van der Waals surface area (Å²) in [5, 5.41) is 7.89. The molecule has 0 aliphatic carbocycles. The van der Waals surface area contributed by atoms with Gasteiger partial charge in [-0.2, -0.15) is 0 Å². The van der Waals surface area contributed by atoms with Crippen LogP contribution in [0.4, 0.5) is 4.39 Å². The molecule has 6 heteroatoms. The molecule has 22 heavy (non-hydrogen) atoms. The number of aryl methyl sites for hydroxylation is 1. The van der Waals surface area contributed by atoms with E-state index in [0.29, 0.717) is 5.56 Å². The zero-order valence-corrected chi connectivity index (χ0v) is 12.5. The van der Waals surface area contributed by atoms with E-state index in [9.17, 15) is 4.39 Å². The average Bonchev–Trinajstić information content (AvgIpc) is 2.97. The molecule has 0 aliphatic rings. The largest absolute Gasteiger partial charge is 0.416 e. The molecule has 0 amide bonds. The van der Waals surface area contributed by atoms with Gasteiger partial charge in [0.05, 0.1) is 16.8 Å². The van der Waals surface area contributed by atoms with Crippen LogP contribution in [0.2, 0.25) is 0 Å². The van der Waals surface area contributed by atoms with Crippen LogP contribution in [0.5, 0.6) is 0 Å². The molecule has 0 unspecified atom stereocenters. The zero-order valence-electron chi connectivity index (χ0n) is 12.5. The van der Waals surface area contributed by atoms with Crippen molar-refractivity contribution in [3.05, 3.63) is 47.8 Å². The third kappa shape index (κ3) is 2.59. The fraction of sp³-hybridized carbons (Fsp3) is 0.250. The lowest BCUT2D eigenvalue weighted by Crippen LogP contribution is -2.00. The van der Waals surface area contributed by atoms with E-state index >= 15 is 0 Å². The number of hydrogen-bond acceptors (Lipinski definition) is 5. The highest BCUT2D eigenvalue weighted by Gasteiger charge is 2.16. The van der Waals surface area contributed by atoms with Gasteiger partial charge in [-0.1, -0.05) is 26.0 Å². The second kappa shape index (κ2) is 5.63. The Labute approximate surface area is 127 Å². The molecule has 0 saturated heterocycles. The molecule has 1 aromatic carbocycles. The van der Waals surface area contributed by atoms with Crippen LogP contribution < -0.4 is 0 Å². The Hall–Kier alpha value is -2.63. The first-order valence-electron chi connectivity index (χ1n) is 6.98. The van der Waals surface area contributed by atoms with E-state index in [-0.39, 0.29) is 23.3 Å². The van der Waals surface area contributed by atoms with Crippen molar-refractivity contribution in [3.63, 3.8) is 0 Å². The summed E-state index contributed by atoms with van der Waals surface area (Å²) in [6.45, 7) is 5.91. The molecule has 112 valence electrons. The maximum Gasteiger partial charge on any atom is 0.251 e. The van der Waals surface area contributed by atoms with Crippen molar-refractivity contribution in [2.24, 2.45) is 0 Å². The van der Waals surface area contributed by atoms with Gasteiger partial charge in [-0.15, -0.1) is 10.2 Å². The van der Waals surface area contributed by atoms with E-state index in [2.05, 4.69) is 20.2 Å². The molecule has 0 spiro atoms. The summed E-state index contributed by atoms with van der Waals surface area (Å²) in [5.41, 5.74) is 1.68. The minimum atomic E-state index is -0.402. The molecule has 0 aliphatic heterocycles. The lowest BCUT2D eigenvalue weighted by atomic mass is 10.2. The van der Waals surface area contributed by atoms with Crippen LogP contribution in [-0.4, -0.2) is 20.2 Å². The first-order chi connectivity index (χ1) is 10.6. The number of hydrogen-bond donors (Lipinski definition) is 0. The van der Waals surface area contributed by atoms with Gasteiger partial charge in [0.1, 0.15) is 11.6 Å². The van der Waals surface area contributed by atoms with Crippen LogP contribution in [-0.2, 0) is 0 Å². The first kappa shape index (κ1) is 14.3. The van der Waals surface area contributed by atoms with E-state index in [1.54, 1.807) is 24.4 Å². The molecule has 0 radical (unpaired) electrons. The van der Waals surface area contributed by atoms with Gasteiger partial charge in [0.25, 0.3) is 11.8 Å². The summed E-state index contributed by atoms with van der Waals surface area (Å²) < 4.78 is 19.3. The number of aromatic nitrogens is 4. The van der Waals surface area contributed by atoms with Gasteiger partial charge >= 0.3 is 0 Å². The second-order valence-corrected chi connectivity index (χ2v) is 5.27. The van der Waals surface area contributed by atoms with Gasteiger partial charge < -0.3 is 4.42 Å². The Morgan fingerprint density at radius 1 is 1.05 bits per heavy atom. The molecular formula is C16H15FN4O. The molecule has 0 bridgehead atoms. The quantitative estimate of drug-likeness (QED) is 0.736. The van der Waals surface area contributed by atoms with Crippen LogP contribution in [0.15, 0.2) is 34.9 Å². The van der Waals surface area contributed by atoms with Crippen LogP contribution in [0.25, 0.3) is 22.9 Å². The van der Waals surface area contributed by atoms with Gasteiger partial charge in [0, 0.05) is 12.1 Å². The Morgan fingerprint density at radius 3 is 2.36 bits per heavy atom. The highest BCUT2D eigenvalue weighted by Crippen LogP contribution is 2.27. The molecule has 0 N–H and O–H groups in total. The first-order valence-corrected chi connectivity index (χ1v) is 6.98. The predicted molar refractivity (Wildman–Crippen MR) is 79.5 cm³/mol. The predicted octanol–water partition coefficient (Wildman–Crippen LogP) is 3.76. The minimum absolute atomic E-state index is 0.139. The molecule has 0 atom stereocenters. The molecule has 3 aromatic rings. The van der Waals surface area contributed by atoms with Crippen molar-refractivity contribution in [2.75, 3.05) is 0 Å². The van der Waals surface area contributed by atoms with E-state index in [1.807, 2.05) is 20.8 Å². The average molecular weight is 298 g/mol. The summed E-state index contributed by atoms with van der Waals surface area (Å²) in [6, 6.07) is 6.27. The van der Waals surface area contributed by atoms with Crippen LogP contribution in [0.1, 0.15) is 31.3 Å². The SMILES string of the molecule is Cc1nc(C(C)C)ncc1-c1nnc(-c2ccccc2F)o1. The maximum absolute atomic E-state index is 13.8. The van der Waals surface area contributed by atoms with E-state index in [1.165, 1.54) is 6.07 Å². The van der Waals surface area contributed by atoms with Gasteiger partial charge in [-0.3, -0.25) is 0 Å². The maximum atomic E-state index is 13.8. The lowest BCUT2D eigenvalue weighted by molar-refractivity contribution is 0.569. The monoisotopic (exact) mass is 298 g/mol. The molecular weight excluding hydrogens is 283 g/mol. The molecule has 0 saturated carbocycles. The number of nitrogens with zero attached hydrogens (tertiary/aromatic N) is 4. The second-order valence-electron chi connectivity index (χ2n) is 5.27. The van der Waals surface area contributed by atoms with E-state index < -0.39 is 5.82 Å². The smallest absolute Gasteiger partial charge is 0.251 e. The highest BCUT2D eigenvalue weighted by atomic mass is 19.1. The lowest BCUT2D eigenvalue weighted by Gasteiger charge is -2.06. The third-order valence-corrected chi connectivity index (χ3v) is 3.27. The Kier molecular flexibility index (Phi) is 3.66. The summed E-state index contributed by atoms with van der Waals surface area (Å²) in [7, 11) is 0. The van der Waals surface area contributed by atoms with Crippen molar-refractivity contribution < 1.29 is 8.81 Å². The number of benzene rings is 1. The number of halogens is 1. The molecule has 2 heterocycles. The van der Waals surface area contributed by atoms with E-state index in [0.717, 1.165) is 11.5 Å². The van der Waals surface area contributed by atoms with Crippen LogP contribution in [0.3, 0.4) is 0 Å². The van der Waals surface area contributed by atoms with Crippen molar-refractivity contribution in [2.45, 2.75) is 26.7 Å². The summed E-state index contributed by atoms with van der Waals surface area (Å²) in [6.07, 6.45) is 1.66. The zero-order chi connectivity index (χ0) is 15.7. The van der Waals surface area contributed by atoms with Crippen LogP contribution in [0, 0.1) is 12.7 Å². The van der Waals surface area contributed by atoms with Crippen molar-refractivity contribution >= 4 is 0 Å². The van der Waals surface area contributed by atoms with Crippen molar-refractivity contribution in [1.82, 2.24) is 20.2 Å². The minimum Gasteiger partial charge on any atom is -0.416 e. The highest BCUT2D eigenvalue weighted by molar-refractivity contribution is 5.59. The fourth-order valence-corrected chi connectivity index (χ4v) is 2.05. The normalized spacial score (nSPS) is 11.1. The van der Waals surface area contributed by atoms with Crippen molar-refractivity contribution in [1.29, 1.82) is 0 Å². The third-order valence-electron chi connectivity index (χ3n) is 3.27. The van der Waals surface area contributed by atoms with Gasteiger partial charge in [0.2, 0.25) is 0 Å². The summed E-state index contributed by atoms with van der Waals surface area (Å²) in [5.74, 6) is 1.02. The Bertz CT molecular complexity index is 813. The summed E-state index contributed by atoms with van der Waals surface area (Å²) >= 11 is 0. The molecule has 2 aromatic heterocycles. The van der Waals surface area contributed by atoms with E-state index in [4.69, 9.17) is 4.42 Å². The van der Waals surface area contributed by atoms with Crippen LogP contribution >= 0.6 is 0 Å². The Morgan fingerprint density at radius 2 is 1.73 bits per heavy atom. The Balaban J connectivity index is 2.00.